The first kappa shape index (κ1) is 18.1. The Kier molecular flexibility index (Phi) is 4.11. The summed E-state index contributed by atoms with van der Waals surface area (Å²) in [6.45, 7) is 5.49. The third-order valence-corrected chi connectivity index (χ3v) is 7.44. The quantitative estimate of drug-likeness (QED) is 0.536. The summed E-state index contributed by atoms with van der Waals surface area (Å²) in [7, 11) is -3.84. The molecular formula is C20H22N6O2S. The molecular weight excluding hydrogens is 388 g/mol. The van der Waals surface area contributed by atoms with E-state index in [0.717, 1.165) is 23.9 Å². The Balaban J connectivity index is 1.81. The van der Waals surface area contributed by atoms with Gasteiger partial charge in [0.25, 0.3) is 0 Å². The van der Waals surface area contributed by atoms with Gasteiger partial charge in [-0.1, -0.05) is 25.1 Å². The minimum atomic E-state index is -3.84. The molecule has 1 aromatic carbocycles. The van der Waals surface area contributed by atoms with E-state index in [1.165, 1.54) is 0 Å². The summed E-state index contributed by atoms with van der Waals surface area (Å²) in [5.74, 6) is 0. The molecule has 5 rings (SSSR count). The molecule has 150 valence electrons. The highest BCUT2D eigenvalue weighted by Crippen LogP contribution is 2.32. The van der Waals surface area contributed by atoms with E-state index in [1.54, 1.807) is 37.6 Å². The zero-order valence-corrected chi connectivity index (χ0v) is 17.1. The Bertz CT molecular complexity index is 1320. The fraction of sp³-hybridized carbons (Fsp3) is 0.300. The molecule has 0 radical (unpaired) electrons. The molecule has 0 saturated carbocycles. The number of hydrogen-bond donors (Lipinski definition) is 2. The van der Waals surface area contributed by atoms with Gasteiger partial charge in [0.1, 0.15) is 23.0 Å². The first-order valence-corrected chi connectivity index (χ1v) is 11.1. The van der Waals surface area contributed by atoms with Crippen molar-refractivity contribution in [1.29, 1.82) is 0 Å². The molecule has 0 amide bonds. The number of fused-ring (bicyclic) bond motifs is 3. The summed E-state index contributed by atoms with van der Waals surface area (Å²) in [5.41, 5.74) is 2.36. The SMILES string of the molecule is CC[C@@H]1CNCN1n1cnc2c(S(=O)(=O)c3ccccc3C)nc3[nH]ccc3c21. The third kappa shape index (κ3) is 2.65. The number of rotatable bonds is 4. The highest BCUT2D eigenvalue weighted by atomic mass is 32.2. The van der Waals surface area contributed by atoms with E-state index in [4.69, 9.17) is 0 Å². The van der Waals surface area contributed by atoms with Crippen molar-refractivity contribution >= 4 is 31.9 Å². The van der Waals surface area contributed by atoms with E-state index < -0.39 is 9.84 Å². The summed E-state index contributed by atoms with van der Waals surface area (Å²) < 4.78 is 29.0. The van der Waals surface area contributed by atoms with Crippen LogP contribution in [0.4, 0.5) is 0 Å². The predicted molar refractivity (Wildman–Crippen MR) is 111 cm³/mol. The highest BCUT2D eigenvalue weighted by Gasteiger charge is 2.30. The van der Waals surface area contributed by atoms with Crippen molar-refractivity contribution in [2.24, 2.45) is 0 Å². The predicted octanol–water partition coefficient (Wildman–Crippen LogP) is 2.33. The van der Waals surface area contributed by atoms with Crippen LogP contribution in [0.3, 0.4) is 0 Å². The van der Waals surface area contributed by atoms with Gasteiger partial charge in [0.05, 0.1) is 17.6 Å². The van der Waals surface area contributed by atoms with Gasteiger partial charge < -0.3 is 4.98 Å². The summed E-state index contributed by atoms with van der Waals surface area (Å²) in [5, 5.41) is 6.40. The average Bonchev–Trinajstić information content (AvgIpc) is 3.44. The summed E-state index contributed by atoms with van der Waals surface area (Å²) in [4.78, 5) is 12.3. The largest absolute Gasteiger partial charge is 0.346 e. The van der Waals surface area contributed by atoms with E-state index in [1.807, 2.05) is 16.8 Å². The van der Waals surface area contributed by atoms with Crippen LogP contribution in [0.2, 0.25) is 0 Å². The van der Waals surface area contributed by atoms with Gasteiger partial charge in [0.2, 0.25) is 9.84 Å². The maximum absolute atomic E-state index is 13.5. The lowest BCUT2D eigenvalue weighted by atomic mass is 10.2. The molecule has 1 atom stereocenters. The summed E-state index contributed by atoms with van der Waals surface area (Å²) >= 11 is 0. The fourth-order valence-corrected chi connectivity index (χ4v) is 5.65. The normalized spacial score (nSPS) is 17.6. The third-order valence-electron chi connectivity index (χ3n) is 5.61. The zero-order chi connectivity index (χ0) is 20.2. The van der Waals surface area contributed by atoms with Crippen molar-refractivity contribution in [3.05, 3.63) is 48.4 Å². The summed E-state index contributed by atoms with van der Waals surface area (Å²) in [6.07, 6.45) is 4.45. The number of aromatic amines is 1. The van der Waals surface area contributed by atoms with Crippen LogP contribution < -0.4 is 10.3 Å². The van der Waals surface area contributed by atoms with Crippen molar-refractivity contribution in [1.82, 2.24) is 24.9 Å². The Morgan fingerprint density at radius 2 is 2.07 bits per heavy atom. The Labute approximate surface area is 168 Å². The molecule has 1 saturated heterocycles. The number of benzene rings is 1. The lowest BCUT2D eigenvalue weighted by Gasteiger charge is -2.26. The maximum Gasteiger partial charge on any atom is 0.226 e. The molecule has 0 spiro atoms. The molecule has 4 heterocycles. The van der Waals surface area contributed by atoms with Crippen LogP contribution in [0.1, 0.15) is 18.9 Å². The summed E-state index contributed by atoms with van der Waals surface area (Å²) in [6, 6.07) is 9.18. The van der Waals surface area contributed by atoms with E-state index >= 15 is 0 Å². The Hall–Kier alpha value is -2.91. The standard InChI is InChI=1S/C20H22N6O2S/c1-3-14-10-21-11-25(14)26-12-23-17-18(26)15-8-9-22-19(15)24-20(17)29(27,28)16-7-5-4-6-13(16)2/h4-9,12,14,21H,3,10-11H2,1-2H3,(H,22,24)/t14-/m1/s1. The van der Waals surface area contributed by atoms with Crippen LogP contribution in [0.5, 0.6) is 0 Å². The van der Waals surface area contributed by atoms with Crippen molar-refractivity contribution < 1.29 is 8.42 Å². The van der Waals surface area contributed by atoms with Gasteiger partial charge in [-0.2, -0.15) is 0 Å². The number of sulfone groups is 1. The van der Waals surface area contributed by atoms with Crippen LogP contribution in [0.15, 0.2) is 52.8 Å². The topological polar surface area (TPSA) is 95.9 Å². The van der Waals surface area contributed by atoms with Crippen LogP contribution >= 0.6 is 0 Å². The second-order valence-electron chi connectivity index (χ2n) is 7.33. The molecule has 1 aliphatic rings. The van der Waals surface area contributed by atoms with Gasteiger partial charge in [-0.3, -0.25) is 10.3 Å². The van der Waals surface area contributed by atoms with E-state index in [2.05, 4.69) is 32.2 Å². The number of nitrogens with one attached hydrogen (secondary N) is 2. The van der Waals surface area contributed by atoms with Crippen molar-refractivity contribution in [2.45, 2.75) is 36.2 Å². The molecule has 9 heteroatoms. The number of nitrogens with zero attached hydrogens (tertiary/aromatic N) is 4. The smallest absolute Gasteiger partial charge is 0.226 e. The Morgan fingerprint density at radius 1 is 1.24 bits per heavy atom. The van der Waals surface area contributed by atoms with Crippen LogP contribution in [0, 0.1) is 6.92 Å². The zero-order valence-electron chi connectivity index (χ0n) is 16.3. The monoisotopic (exact) mass is 410 g/mol. The van der Waals surface area contributed by atoms with Crippen molar-refractivity contribution in [3.63, 3.8) is 0 Å². The van der Waals surface area contributed by atoms with Crippen LogP contribution in [-0.2, 0) is 9.84 Å². The van der Waals surface area contributed by atoms with Crippen LogP contribution in [-0.4, -0.2) is 47.3 Å². The molecule has 0 aliphatic carbocycles. The second kappa shape index (κ2) is 6.57. The van der Waals surface area contributed by atoms with Crippen molar-refractivity contribution in [2.75, 3.05) is 18.2 Å². The number of hydrogen-bond acceptors (Lipinski definition) is 6. The number of aryl methyl sites for hydroxylation is 1. The molecule has 29 heavy (non-hydrogen) atoms. The number of imidazole rings is 1. The minimum absolute atomic E-state index is 0.0179. The van der Waals surface area contributed by atoms with Gasteiger partial charge in [-0.25, -0.2) is 23.1 Å². The number of pyridine rings is 1. The van der Waals surface area contributed by atoms with Crippen LogP contribution in [0.25, 0.3) is 22.1 Å². The molecule has 8 nitrogen and oxygen atoms in total. The lowest BCUT2D eigenvalue weighted by Crippen LogP contribution is -2.39. The number of H-pyrrole nitrogens is 1. The van der Waals surface area contributed by atoms with E-state index in [0.29, 0.717) is 29.4 Å². The molecule has 1 aliphatic heterocycles. The fourth-order valence-electron chi connectivity index (χ4n) is 4.08. The van der Waals surface area contributed by atoms with E-state index in [9.17, 15) is 8.42 Å². The van der Waals surface area contributed by atoms with Gasteiger partial charge in [-0.15, -0.1) is 0 Å². The molecule has 1 fully saturated rings. The molecule has 0 bridgehead atoms. The molecule has 2 N–H and O–H groups in total. The van der Waals surface area contributed by atoms with Gasteiger partial charge >= 0.3 is 0 Å². The minimum Gasteiger partial charge on any atom is -0.346 e. The number of aromatic nitrogens is 4. The van der Waals surface area contributed by atoms with Gasteiger partial charge in [0.15, 0.2) is 5.03 Å². The molecule has 0 unspecified atom stereocenters. The highest BCUT2D eigenvalue weighted by molar-refractivity contribution is 7.91. The molecule has 4 aromatic rings. The van der Waals surface area contributed by atoms with Gasteiger partial charge in [-0.05, 0) is 31.0 Å². The van der Waals surface area contributed by atoms with Crippen molar-refractivity contribution in [3.8, 4) is 0 Å². The van der Waals surface area contributed by atoms with E-state index in [-0.39, 0.29) is 9.92 Å². The Morgan fingerprint density at radius 3 is 2.86 bits per heavy atom. The second-order valence-corrected chi connectivity index (χ2v) is 9.16. The van der Waals surface area contributed by atoms with Gasteiger partial charge in [0, 0.05) is 18.1 Å². The lowest BCUT2D eigenvalue weighted by molar-refractivity contribution is 0.552. The average molecular weight is 411 g/mol. The first-order chi connectivity index (χ1) is 14.0. The maximum atomic E-state index is 13.5. The first-order valence-electron chi connectivity index (χ1n) is 9.65. The molecule has 3 aromatic heterocycles.